The van der Waals surface area contributed by atoms with E-state index in [9.17, 15) is 18.7 Å². The van der Waals surface area contributed by atoms with Crippen LogP contribution in [0.4, 0.5) is 8.78 Å². The second-order valence-corrected chi connectivity index (χ2v) is 5.42. The first-order chi connectivity index (χ1) is 8.90. The number of carboxylic acid groups (broad SMARTS) is 1. The highest BCUT2D eigenvalue weighted by Gasteiger charge is 2.37. The monoisotopic (exact) mass is 269 g/mol. The van der Waals surface area contributed by atoms with Gasteiger partial charge >= 0.3 is 5.97 Å². The third-order valence-electron chi connectivity index (χ3n) is 3.70. The van der Waals surface area contributed by atoms with Gasteiger partial charge in [-0.2, -0.15) is 0 Å². The van der Waals surface area contributed by atoms with E-state index in [2.05, 4.69) is 0 Å². The zero-order valence-corrected chi connectivity index (χ0v) is 10.8. The van der Waals surface area contributed by atoms with Crippen molar-refractivity contribution in [1.82, 2.24) is 4.90 Å². The Bertz CT molecular complexity index is 492. The summed E-state index contributed by atoms with van der Waals surface area (Å²) < 4.78 is 26.4. The van der Waals surface area contributed by atoms with Gasteiger partial charge in [-0.25, -0.2) is 8.78 Å². The molecular formula is C14H17F2NO2. The number of hydrogen-bond donors (Lipinski definition) is 1. The molecule has 1 aromatic rings. The fourth-order valence-electron chi connectivity index (χ4n) is 2.54. The van der Waals surface area contributed by atoms with E-state index in [1.165, 1.54) is 12.1 Å². The topological polar surface area (TPSA) is 40.5 Å². The molecular weight excluding hydrogens is 252 g/mol. The van der Waals surface area contributed by atoms with E-state index >= 15 is 0 Å². The molecule has 0 aromatic heterocycles. The predicted octanol–water partition coefficient (Wildman–Crippen LogP) is 2.65. The van der Waals surface area contributed by atoms with Crippen LogP contribution in [0.1, 0.15) is 25.3 Å². The third kappa shape index (κ3) is 3.10. The van der Waals surface area contributed by atoms with Crippen molar-refractivity contribution in [3.05, 3.63) is 35.4 Å². The normalized spacial score (nSPS) is 24.4. The highest BCUT2D eigenvalue weighted by atomic mass is 19.1. The molecule has 1 aliphatic heterocycles. The minimum atomic E-state index is -0.822. The van der Waals surface area contributed by atoms with Gasteiger partial charge in [-0.05, 0) is 32.4 Å². The molecule has 1 atom stereocenters. The average Bonchev–Trinajstić information content (AvgIpc) is 2.33. The van der Waals surface area contributed by atoms with E-state index in [1.807, 2.05) is 4.90 Å². The summed E-state index contributed by atoms with van der Waals surface area (Å²) in [5, 5.41) is 9.22. The molecule has 104 valence electrons. The quantitative estimate of drug-likeness (QED) is 0.917. The average molecular weight is 269 g/mol. The number of nitrogens with zero attached hydrogens (tertiary/aromatic N) is 1. The van der Waals surface area contributed by atoms with Gasteiger partial charge in [0.15, 0.2) is 0 Å². The maximum Gasteiger partial charge on any atom is 0.310 e. The molecule has 19 heavy (non-hydrogen) atoms. The lowest BCUT2D eigenvalue weighted by Crippen LogP contribution is -2.45. The van der Waals surface area contributed by atoms with Crippen LogP contribution >= 0.6 is 0 Å². The Hall–Kier alpha value is -1.49. The Morgan fingerprint density at radius 1 is 1.47 bits per heavy atom. The number of hydrogen-bond acceptors (Lipinski definition) is 2. The van der Waals surface area contributed by atoms with Crippen LogP contribution in [0.5, 0.6) is 0 Å². The molecule has 1 N–H and O–H groups in total. The fourth-order valence-corrected chi connectivity index (χ4v) is 2.54. The number of halogens is 2. The Morgan fingerprint density at radius 2 is 2.21 bits per heavy atom. The summed E-state index contributed by atoms with van der Waals surface area (Å²) in [5.74, 6) is -2.00. The number of carboxylic acids is 1. The van der Waals surface area contributed by atoms with Crippen LogP contribution in [0.2, 0.25) is 0 Å². The summed E-state index contributed by atoms with van der Waals surface area (Å²) in [6.45, 7) is 3.15. The van der Waals surface area contributed by atoms with Gasteiger partial charge in [0.05, 0.1) is 5.41 Å². The van der Waals surface area contributed by atoms with Gasteiger partial charge in [-0.3, -0.25) is 9.69 Å². The molecule has 1 saturated heterocycles. The maximum absolute atomic E-state index is 13.6. The number of aliphatic carboxylic acids is 1. The van der Waals surface area contributed by atoms with E-state index in [4.69, 9.17) is 0 Å². The zero-order valence-electron chi connectivity index (χ0n) is 10.8. The third-order valence-corrected chi connectivity index (χ3v) is 3.70. The minimum absolute atomic E-state index is 0.314. The van der Waals surface area contributed by atoms with Crippen LogP contribution in [0.15, 0.2) is 18.2 Å². The smallest absolute Gasteiger partial charge is 0.310 e. The Kier molecular flexibility index (Phi) is 3.85. The van der Waals surface area contributed by atoms with Gasteiger partial charge in [-0.15, -0.1) is 0 Å². The first-order valence-electron chi connectivity index (χ1n) is 6.30. The molecule has 1 unspecified atom stereocenters. The van der Waals surface area contributed by atoms with E-state index < -0.39 is 23.0 Å². The molecule has 2 rings (SSSR count). The molecule has 1 heterocycles. The SMILES string of the molecule is CC1(C(=O)O)CCCN(Cc2ccc(F)cc2F)C1. The predicted molar refractivity (Wildman–Crippen MR) is 66.6 cm³/mol. The molecule has 1 fully saturated rings. The van der Waals surface area contributed by atoms with Crippen LogP contribution in [-0.4, -0.2) is 29.1 Å². The standard InChI is InChI=1S/C14H17F2NO2/c1-14(13(18)19)5-2-6-17(9-14)8-10-3-4-11(15)7-12(10)16/h3-4,7H,2,5-6,8-9H2,1H3,(H,18,19). The lowest BCUT2D eigenvalue weighted by atomic mass is 9.82. The van der Waals surface area contributed by atoms with Gasteiger partial charge in [0, 0.05) is 24.7 Å². The van der Waals surface area contributed by atoms with Crippen molar-refractivity contribution in [1.29, 1.82) is 0 Å². The Labute approximate surface area is 110 Å². The highest BCUT2D eigenvalue weighted by molar-refractivity contribution is 5.74. The van der Waals surface area contributed by atoms with Gasteiger partial charge in [-0.1, -0.05) is 6.07 Å². The molecule has 0 spiro atoms. The van der Waals surface area contributed by atoms with Gasteiger partial charge in [0.1, 0.15) is 11.6 Å². The van der Waals surface area contributed by atoms with Crippen LogP contribution in [-0.2, 0) is 11.3 Å². The number of likely N-dealkylation sites (tertiary alicyclic amines) is 1. The lowest BCUT2D eigenvalue weighted by Gasteiger charge is -2.37. The van der Waals surface area contributed by atoms with Gasteiger partial charge in [0.2, 0.25) is 0 Å². The second-order valence-electron chi connectivity index (χ2n) is 5.42. The largest absolute Gasteiger partial charge is 0.481 e. The maximum atomic E-state index is 13.6. The Morgan fingerprint density at radius 3 is 2.84 bits per heavy atom. The van der Waals surface area contributed by atoms with E-state index in [-0.39, 0.29) is 0 Å². The van der Waals surface area contributed by atoms with Crippen molar-refractivity contribution in [2.45, 2.75) is 26.3 Å². The van der Waals surface area contributed by atoms with Crippen molar-refractivity contribution in [3.63, 3.8) is 0 Å². The molecule has 0 aliphatic carbocycles. The molecule has 0 saturated carbocycles. The first-order valence-corrected chi connectivity index (χ1v) is 6.30. The molecule has 0 radical (unpaired) electrons. The molecule has 0 amide bonds. The lowest BCUT2D eigenvalue weighted by molar-refractivity contribution is -0.151. The Balaban J connectivity index is 2.09. The minimum Gasteiger partial charge on any atom is -0.481 e. The number of benzene rings is 1. The summed E-state index contributed by atoms with van der Waals surface area (Å²) in [4.78, 5) is 13.1. The van der Waals surface area contributed by atoms with E-state index in [1.54, 1.807) is 6.92 Å². The van der Waals surface area contributed by atoms with Crippen LogP contribution < -0.4 is 0 Å². The summed E-state index contributed by atoms with van der Waals surface area (Å²) in [7, 11) is 0. The van der Waals surface area contributed by atoms with Gasteiger partial charge in [0.25, 0.3) is 0 Å². The van der Waals surface area contributed by atoms with Crippen molar-refractivity contribution < 1.29 is 18.7 Å². The van der Waals surface area contributed by atoms with Crippen molar-refractivity contribution in [2.75, 3.05) is 13.1 Å². The van der Waals surface area contributed by atoms with Crippen molar-refractivity contribution in [2.24, 2.45) is 5.41 Å². The summed E-state index contributed by atoms with van der Waals surface area (Å²) in [5.41, 5.74) is -0.384. The number of carbonyl (C=O) groups is 1. The summed E-state index contributed by atoms with van der Waals surface area (Å²) >= 11 is 0. The first kappa shape index (κ1) is 13.9. The zero-order chi connectivity index (χ0) is 14.0. The second kappa shape index (κ2) is 5.25. The molecule has 0 bridgehead atoms. The summed E-state index contributed by atoms with van der Waals surface area (Å²) in [6, 6.07) is 3.49. The van der Waals surface area contributed by atoms with Crippen LogP contribution in [0, 0.1) is 17.0 Å². The van der Waals surface area contributed by atoms with E-state index in [0.29, 0.717) is 25.1 Å². The fraction of sp³-hybridized carbons (Fsp3) is 0.500. The van der Waals surface area contributed by atoms with Crippen LogP contribution in [0.25, 0.3) is 0 Å². The molecule has 1 aliphatic rings. The van der Waals surface area contributed by atoms with Crippen LogP contribution in [0.3, 0.4) is 0 Å². The van der Waals surface area contributed by atoms with E-state index in [0.717, 1.165) is 19.0 Å². The van der Waals surface area contributed by atoms with Gasteiger partial charge < -0.3 is 5.11 Å². The highest BCUT2D eigenvalue weighted by Crippen LogP contribution is 2.30. The molecule has 3 nitrogen and oxygen atoms in total. The van der Waals surface area contributed by atoms with Crippen molar-refractivity contribution >= 4 is 5.97 Å². The summed E-state index contributed by atoms with van der Waals surface area (Å²) in [6.07, 6.45) is 1.40. The number of piperidine rings is 1. The number of rotatable bonds is 3. The molecule has 1 aromatic carbocycles. The van der Waals surface area contributed by atoms with Crippen molar-refractivity contribution in [3.8, 4) is 0 Å². The molecule has 5 heteroatoms.